The number of aromatic nitrogens is 1. The van der Waals surface area contributed by atoms with Crippen molar-refractivity contribution in [3.8, 4) is 0 Å². The van der Waals surface area contributed by atoms with E-state index < -0.39 is 11.7 Å². The van der Waals surface area contributed by atoms with Gasteiger partial charge < -0.3 is 5.32 Å². The standard InChI is InChI=1S/C13H10ClF3N2/c14-12-6-5-11(8-19-12)18-7-9-1-3-10(4-2-9)13(15,16)17/h1-6,8,18H,7H2. The normalized spacial score (nSPS) is 11.4. The Bertz CT molecular complexity index is 535. The number of hydrogen-bond donors (Lipinski definition) is 1. The number of pyridine rings is 1. The molecule has 2 aromatic rings. The van der Waals surface area contributed by atoms with E-state index in [-0.39, 0.29) is 0 Å². The van der Waals surface area contributed by atoms with Crippen LogP contribution in [0.5, 0.6) is 0 Å². The molecule has 0 amide bonds. The predicted octanol–water partition coefficient (Wildman–Crippen LogP) is 4.37. The van der Waals surface area contributed by atoms with E-state index in [0.29, 0.717) is 11.7 Å². The van der Waals surface area contributed by atoms with E-state index in [0.717, 1.165) is 23.4 Å². The molecular formula is C13H10ClF3N2. The van der Waals surface area contributed by atoms with Crippen molar-refractivity contribution in [3.63, 3.8) is 0 Å². The summed E-state index contributed by atoms with van der Waals surface area (Å²) in [7, 11) is 0. The first-order valence-corrected chi connectivity index (χ1v) is 5.84. The zero-order chi connectivity index (χ0) is 13.9. The molecule has 0 saturated heterocycles. The minimum Gasteiger partial charge on any atom is -0.380 e. The third-order valence-corrected chi connectivity index (χ3v) is 2.73. The molecule has 0 spiro atoms. The third kappa shape index (κ3) is 3.86. The molecule has 0 aliphatic heterocycles. The summed E-state index contributed by atoms with van der Waals surface area (Å²) < 4.78 is 37.1. The maximum Gasteiger partial charge on any atom is 0.416 e. The fourth-order valence-electron chi connectivity index (χ4n) is 1.50. The van der Waals surface area contributed by atoms with Crippen molar-refractivity contribution in [2.75, 3.05) is 5.32 Å². The van der Waals surface area contributed by atoms with Gasteiger partial charge in [0.15, 0.2) is 0 Å². The number of alkyl halides is 3. The second-order valence-corrected chi connectivity index (χ2v) is 4.31. The quantitative estimate of drug-likeness (QED) is 0.848. The number of benzene rings is 1. The van der Waals surface area contributed by atoms with Crippen LogP contribution in [0, 0.1) is 0 Å². The van der Waals surface area contributed by atoms with Crippen molar-refractivity contribution in [1.82, 2.24) is 4.98 Å². The van der Waals surface area contributed by atoms with E-state index in [1.165, 1.54) is 12.1 Å². The van der Waals surface area contributed by atoms with Crippen LogP contribution < -0.4 is 5.32 Å². The van der Waals surface area contributed by atoms with Crippen LogP contribution in [0.25, 0.3) is 0 Å². The Morgan fingerprint density at radius 1 is 1.05 bits per heavy atom. The lowest BCUT2D eigenvalue weighted by atomic mass is 10.1. The maximum absolute atomic E-state index is 12.4. The maximum atomic E-state index is 12.4. The molecule has 0 unspecified atom stereocenters. The summed E-state index contributed by atoms with van der Waals surface area (Å²) in [6, 6.07) is 8.41. The monoisotopic (exact) mass is 286 g/mol. The van der Waals surface area contributed by atoms with Crippen molar-refractivity contribution in [2.45, 2.75) is 12.7 Å². The minimum atomic E-state index is -4.30. The van der Waals surface area contributed by atoms with Crippen LogP contribution in [-0.2, 0) is 12.7 Å². The van der Waals surface area contributed by atoms with Gasteiger partial charge in [0, 0.05) is 6.54 Å². The van der Waals surface area contributed by atoms with Crippen LogP contribution >= 0.6 is 11.6 Å². The van der Waals surface area contributed by atoms with Crippen LogP contribution in [0.2, 0.25) is 5.15 Å². The average Bonchev–Trinajstić information content (AvgIpc) is 2.37. The fourth-order valence-corrected chi connectivity index (χ4v) is 1.61. The zero-order valence-electron chi connectivity index (χ0n) is 9.71. The van der Waals surface area contributed by atoms with Gasteiger partial charge in [0.25, 0.3) is 0 Å². The van der Waals surface area contributed by atoms with E-state index in [4.69, 9.17) is 11.6 Å². The van der Waals surface area contributed by atoms with Gasteiger partial charge in [-0.2, -0.15) is 13.2 Å². The number of anilines is 1. The number of hydrogen-bond acceptors (Lipinski definition) is 2. The lowest BCUT2D eigenvalue weighted by Gasteiger charge is -2.09. The third-order valence-electron chi connectivity index (χ3n) is 2.51. The summed E-state index contributed by atoms with van der Waals surface area (Å²) in [5, 5.41) is 3.43. The summed E-state index contributed by atoms with van der Waals surface area (Å²) >= 11 is 5.64. The van der Waals surface area contributed by atoms with Crippen molar-refractivity contribution in [2.24, 2.45) is 0 Å². The molecule has 0 aliphatic rings. The summed E-state index contributed by atoms with van der Waals surface area (Å²) in [6.07, 6.45) is -2.74. The molecule has 2 rings (SSSR count). The Kier molecular flexibility index (Phi) is 3.95. The van der Waals surface area contributed by atoms with Gasteiger partial charge in [0.1, 0.15) is 5.15 Å². The van der Waals surface area contributed by atoms with E-state index in [9.17, 15) is 13.2 Å². The topological polar surface area (TPSA) is 24.9 Å². The van der Waals surface area contributed by atoms with Gasteiger partial charge in [-0.15, -0.1) is 0 Å². The number of halogens is 4. The lowest BCUT2D eigenvalue weighted by Crippen LogP contribution is -2.05. The zero-order valence-corrected chi connectivity index (χ0v) is 10.5. The van der Waals surface area contributed by atoms with Crippen LogP contribution in [0.3, 0.4) is 0 Å². The molecular weight excluding hydrogens is 277 g/mol. The predicted molar refractivity (Wildman–Crippen MR) is 68.0 cm³/mol. The molecule has 0 atom stereocenters. The lowest BCUT2D eigenvalue weighted by molar-refractivity contribution is -0.137. The van der Waals surface area contributed by atoms with Crippen molar-refractivity contribution in [1.29, 1.82) is 0 Å². The van der Waals surface area contributed by atoms with Gasteiger partial charge in [-0.1, -0.05) is 23.7 Å². The largest absolute Gasteiger partial charge is 0.416 e. The first-order valence-electron chi connectivity index (χ1n) is 5.47. The Hall–Kier alpha value is -1.75. The molecule has 1 aromatic carbocycles. The van der Waals surface area contributed by atoms with Crippen LogP contribution in [0.1, 0.15) is 11.1 Å². The Morgan fingerprint density at radius 2 is 1.74 bits per heavy atom. The molecule has 19 heavy (non-hydrogen) atoms. The van der Waals surface area contributed by atoms with Gasteiger partial charge in [-0.05, 0) is 29.8 Å². The van der Waals surface area contributed by atoms with Crippen molar-refractivity contribution < 1.29 is 13.2 Å². The van der Waals surface area contributed by atoms with Gasteiger partial charge in [0.05, 0.1) is 17.4 Å². The number of rotatable bonds is 3. The van der Waals surface area contributed by atoms with Gasteiger partial charge in [-0.3, -0.25) is 0 Å². The molecule has 0 bridgehead atoms. The molecule has 2 nitrogen and oxygen atoms in total. The van der Waals surface area contributed by atoms with Crippen LogP contribution in [0.15, 0.2) is 42.6 Å². The summed E-state index contributed by atoms with van der Waals surface area (Å²) in [4.78, 5) is 3.89. The van der Waals surface area contributed by atoms with Gasteiger partial charge in [-0.25, -0.2) is 4.98 Å². The second-order valence-electron chi connectivity index (χ2n) is 3.92. The van der Waals surface area contributed by atoms with Gasteiger partial charge >= 0.3 is 6.18 Å². The summed E-state index contributed by atoms with van der Waals surface area (Å²) in [5.41, 5.74) is 0.858. The molecule has 1 N–H and O–H groups in total. The molecule has 1 aromatic heterocycles. The van der Waals surface area contributed by atoms with E-state index >= 15 is 0 Å². The molecule has 0 aliphatic carbocycles. The summed E-state index contributed by atoms with van der Waals surface area (Å²) in [5.74, 6) is 0. The second kappa shape index (κ2) is 5.48. The molecule has 0 saturated carbocycles. The van der Waals surface area contributed by atoms with E-state index in [2.05, 4.69) is 10.3 Å². The highest BCUT2D eigenvalue weighted by Crippen LogP contribution is 2.29. The Balaban J connectivity index is 1.98. The van der Waals surface area contributed by atoms with E-state index in [1.54, 1.807) is 18.3 Å². The van der Waals surface area contributed by atoms with Crippen LogP contribution in [0.4, 0.5) is 18.9 Å². The minimum absolute atomic E-state index is 0.389. The smallest absolute Gasteiger partial charge is 0.380 e. The molecule has 0 radical (unpaired) electrons. The number of nitrogens with one attached hydrogen (secondary N) is 1. The molecule has 1 heterocycles. The highest BCUT2D eigenvalue weighted by molar-refractivity contribution is 6.29. The van der Waals surface area contributed by atoms with Crippen molar-refractivity contribution >= 4 is 17.3 Å². The van der Waals surface area contributed by atoms with Gasteiger partial charge in [0.2, 0.25) is 0 Å². The van der Waals surface area contributed by atoms with Crippen molar-refractivity contribution in [3.05, 3.63) is 58.9 Å². The average molecular weight is 287 g/mol. The SMILES string of the molecule is FC(F)(F)c1ccc(CNc2ccc(Cl)nc2)cc1. The fraction of sp³-hybridized carbons (Fsp3) is 0.154. The molecule has 0 fully saturated rings. The molecule has 6 heteroatoms. The molecule has 100 valence electrons. The first-order chi connectivity index (χ1) is 8.95. The highest BCUT2D eigenvalue weighted by Gasteiger charge is 2.29. The first kappa shape index (κ1) is 13.7. The Morgan fingerprint density at radius 3 is 2.26 bits per heavy atom. The number of nitrogens with zero attached hydrogens (tertiary/aromatic N) is 1. The summed E-state index contributed by atoms with van der Waals surface area (Å²) in [6.45, 7) is 0.418. The Labute approximate surface area is 113 Å². The highest BCUT2D eigenvalue weighted by atomic mass is 35.5. The van der Waals surface area contributed by atoms with Crippen LogP contribution in [-0.4, -0.2) is 4.98 Å². The van der Waals surface area contributed by atoms with E-state index in [1.807, 2.05) is 0 Å².